The van der Waals surface area contributed by atoms with Crippen molar-refractivity contribution in [2.45, 2.75) is 52.5 Å². The van der Waals surface area contributed by atoms with Crippen LogP contribution in [0.15, 0.2) is 11.6 Å². The molecule has 0 aromatic heterocycles. The maximum absolute atomic E-state index is 11.8. The Labute approximate surface area is 115 Å². The lowest BCUT2D eigenvalue weighted by Crippen LogP contribution is -2.52. The van der Waals surface area contributed by atoms with E-state index in [9.17, 15) is 14.7 Å². The second-order valence-electron chi connectivity index (χ2n) is 4.61. The third-order valence-corrected chi connectivity index (χ3v) is 3.09. The summed E-state index contributed by atoms with van der Waals surface area (Å²) >= 11 is 0. The molecule has 2 N–H and O–H groups in total. The smallest absolute Gasteiger partial charge is 0.308 e. The van der Waals surface area contributed by atoms with Crippen LogP contribution in [0.5, 0.6) is 0 Å². The molecule has 0 rings (SSSR count). The van der Waals surface area contributed by atoms with Gasteiger partial charge in [0, 0.05) is 6.08 Å². The van der Waals surface area contributed by atoms with Gasteiger partial charge in [-0.25, -0.2) is 0 Å². The second-order valence-corrected chi connectivity index (χ2v) is 4.61. The van der Waals surface area contributed by atoms with E-state index in [1.807, 2.05) is 20.8 Å². The summed E-state index contributed by atoms with van der Waals surface area (Å²) in [5.41, 5.74) is -0.00926. The molecule has 1 atom stereocenters. The minimum atomic E-state index is -0.951. The van der Waals surface area contributed by atoms with E-state index in [2.05, 4.69) is 5.32 Å². The van der Waals surface area contributed by atoms with Crippen molar-refractivity contribution in [2.24, 2.45) is 0 Å². The van der Waals surface area contributed by atoms with Crippen LogP contribution < -0.4 is 5.32 Å². The summed E-state index contributed by atoms with van der Waals surface area (Å²) in [5, 5.41) is 12.2. The van der Waals surface area contributed by atoms with Crippen molar-refractivity contribution in [2.75, 3.05) is 13.2 Å². The Morgan fingerprint density at radius 1 is 1.32 bits per heavy atom. The van der Waals surface area contributed by atoms with Crippen LogP contribution in [0, 0.1) is 0 Å². The van der Waals surface area contributed by atoms with Crippen molar-refractivity contribution in [3.63, 3.8) is 0 Å². The molecule has 0 aliphatic carbocycles. The minimum Gasteiger partial charge on any atom is -0.466 e. The molecule has 110 valence electrons. The number of hydrogen-bond acceptors (Lipinski definition) is 4. The number of aliphatic hydroxyl groups excluding tert-OH is 1. The maximum atomic E-state index is 11.8. The SMILES string of the molecule is CCOC(=O)CC(CC)(CO)NC(=O)/C=C(\C)CC. The third kappa shape index (κ3) is 6.38. The summed E-state index contributed by atoms with van der Waals surface area (Å²) in [5.74, 6) is -0.713. The van der Waals surface area contributed by atoms with Crippen LogP contribution in [-0.4, -0.2) is 35.7 Å². The highest BCUT2D eigenvalue weighted by Crippen LogP contribution is 2.16. The predicted molar refractivity (Wildman–Crippen MR) is 73.5 cm³/mol. The van der Waals surface area contributed by atoms with Gasteiger partial charge in [-0.3, -0.25) is 9.59 Å². The minimum absolute atomic E-state index is 0.0292. The first kappa shape index (κ1) is 17.6. The fourth-order valence-corrected chi connectivity index (χ4v) is 1.58. The molecule has 0 aliphatic heterocycles. The van der Waals surface area contributed by atoms with E-state index in [0.717, 1.165) is 12.0 Å². The number of hydrogen-bond donors (Lipinski definition) is 2. The van der Waals surface area contributed by atoms with Crippen LogP contribution in [0.4, 0.5) is 0 Å². The van der Waals surface area contributed by atoms with Gasteiger partial charge in [-0.15, -0.1) is 0 Å². The first-order chi connectivity index (χ1) is 8.92. The van der Waals surface area contributed by atoms with E-state index >= 15 is 0 Å². The van der Waals surface area contributed by atoms with E-state index in [1.165, 1.54) is 6.08 Å². The van der Waals surface area contributed by atoms with E-state index in [0.29, 0.717) is 6.42 Å². The number of amides is 1. The van der Waals surface area contributed by atoms with Crippen molar-refractivity contribution in [1.29, 1.82) is 0 Å². The van der Waals surface area contributed by atoms with Gasteiger partial charge >= 0.3 is 5.97 Å². The molecule has 0 saturated carbocycles. The molecule has 0 aromatic carbocycles. The molecule has 0 aliphatic rings. The first-order valence-corrected chi connectivity index (χ1v) is 6.68. The third-order valence-electron chi connectivity index (χ3n) is 3.09. The van der Waals surface area contributed by atoms with Gasteiger partial charge in [-0.1, -0.05) is 19.4 Å². The van der Waals surface area contributed by atoms with Crippen molar-refractivity contribution in [1.82, 2.24) is 5.32 Å². The van der Waals surface area contributed by atoms with E-state index < -0.39 is 11.5 Å². The quantitative estimate of drug-likeness (QED) is 0.519. The normalized spacial score (nSPS) is 14.7. The Bertz CT molecular complexity index is 332. The van der Waals surface area contributed by atoms with E-state index in [1.54, 1.807) is 6.92 Å². The zero-order chi connectivity index (χ0) is 14.9. The molecule has 0 aromatic rings. The van der Waals surface area contributed by atoms with E-state index in [-0.39, 0.29) is 25.5 Å². The van der Waals surface area contributed by atoms with Gasteiger partial charge in [0.25, 0.3) is 0 Å². The molecule has 5 nitrogen and oxygen atoms in total. The molecular weight excluding hydrogens is 246 g/mol. The average molecular weight is 271 g/mol. The van der Waals surface area contributed by atoms with Crippen molar-refractivity contribution < 1.29 is 19.4 Å². The van der Waals surface area contributed by atoms with Gasteiger partial charge < -0.3 is 15.2 Å². The standard InChI is InChI=1S/C14H25NO4/c1-5-11(4)8-12(17)15-14(6-2,10-16)9-13(18)19-7-3/h8,16H,5-7,9-10H2,1-4H3,(H,15,17)/b11-8+. The Hall–Kier alpha value is -1.36. The van der Waals surface area contributed by atoms with E-state index in [4.69, 9.17) is 4.74 Å². The summed E-state index contributed by atoms with van der Waals surface area (Å²) in [6, 6.07) is 0. The lowest BCUT2D eigenvalue weighted by atomic mass is 9.92. The summed E-state index contributed by atoms with van der Waals surface area (Å²) in [6.07, 6.45) is 2.69. The number of nitrogens with one attached hydrogen (secondary N) is 1. The molecule has 5 heteroatoms. The summed E-state index contributed by atoms with van der Waals surface area (Å²) in [6.45, 7) is 7.33. The number of esters is 1. The number of ether oxygens (including phenoxy) is 1. The van der Waals surface area contributed by atoms with Gasteiger partial charge in [0.05, 0.1) is 25.2 Å². The van der Waals surface area contributed by atoms with Crippen LogP contribution in [0.1, 0.15) is 47.0 Å². The highest BCUT2D eigenvalue weighted by Gasteiger charge is 2.32. The van der Waals surface area contributed by atoms with Gasteiger partial charge in [0.2, 0.25) is 5.91 Å². The molecule has 1 unspecified atom stereocenters. The lowest BCUT2D eigenvalue weighted by Gasteiger charge is -2.30. The number of allylic oxidation sites excluding steroid dienone is 1. The Morgan fingerprint density at radius 3 is 2.37 bits per heavy atom. The maximum Gasteiger partial charge on any atom is 0.308 e. The van der Waals surface area contributed by atoms with Crippen molar-refractivity contribution in [3.05, 3.63) is 11.6 Å². The highest BCUT2D eigenvalue weighted by molar-refractivity contribution is 5.89. The number of carbonyl (C=O) groups excluding carboxylic acids is 2. The topological polar surface area (TPSA) is 75.6 Å². The average Bonchev–Trinajstić information content (AvgIpc) is 2.37. The fraction of sp³-hybridized carbons (Fsp3) is 0.714. The zero-order valence-electron chi connectivity index (χ0n) is 12.3. The summed E-state index contributed by atoms with van der Waals surface area (Å²) in [7, 11) is 0. The number of aliphatic hydroxyl groups is 1. The van der Waals surface area contributed by atoms with Crippen LogP contribution >= 0.6 is 0 Å². The van der Waals surface area contributed by atoms with Gasteiger partial charge in [-0.05, 0) is 26.7 Å². The molecule has 19 heavy (non-hydrogen) atoms. The van der Waals surface area contributed by atoms with Crippen molar-refractivity contribution in [3.8, 4) is 0 Å². The Balaban J connectivity index is 4.80. The van der Waals surface area contributed by atoms with Crippen LogP contribution in [0.2, 0.25) is 0 Å². The Morgan fingerprint density at radius 2 is 1.95 bits per heavy atom. The molecule has 1 amide bonds. The first-order valence-electron chi connectivity index (χ1n) is 6.68. The van der Waals surface area contributed by atoms with Crippen LogP contribution in [0.3, 0.4) is 0 Å². The van der Waals surface area contributed by atoms with Crippen LogP contribution in [-0.2, 0) is 14.3 Å². The number of rotatable bonds is 8. The molecular formula is C14H25NO4. The fourth-order valence-electron chi connectivity index (χ4n) is 1.58. The van der Waals surface area contributed by atoms with Gasteiger partial charge in [0.15, 0.2) is 0 Å². The van der Waals surface area contributed by atoms with Gasteiger partial charge in [-0.2, -0.15) is 0 Å². The Kier molecular flexibility index (Phi) is 8.07. The van der Waals surface area contributed by atoms with Gasteiger partial charge in [0.1, 0.15) is 0 Å². The lowest BCUT2D eigenvalue weighted by molar-refractivity contribution is -0.145. The molecule has 0 heterocycles. The molecule has 0 saturated heterocycles. The molecule has 0 bridgehead atoms. The molecule has 0 fully saturated rings. The summed E-state index contributed by atoms with van der Waals surface area (Å²) in [4.78, 5) is 23.4. The van der Waals surface area contributed by atoms with Crippen LogP contribution in [0.25, 0.3) is 0 Å². The van der Waals surface area contributed by atoms with Crippen molar-refractivity contribution >= 4 is 11.9 Å². The molecule has 0 spiro atoms. The molecule has 0 radical (unpaired) electrons. The number of carbonyl (C=O) groups is 2. The predicted octanol–water partition coefficient (Wildman–Crippen LogP) is 1.55. The second kappa shape index (κ2) is 8.69. The highest BCUT2D eigenvalue weighted by atomic mass is 16.5. The largest absolute Gasteiger partial charge is 0.466 e. The monoisotopic (exact) mass is 271 g/mol. The zero-order valence-corrected chi connectivity index (χ0v) is 12.3. The summed E-state index contributed by atoms with van der Waals surface area (Å²) < 4.78 is 4.87.